The third-order valence-corrected chi connectivity index (χ3v) is 4.73. The molecule has 0 spiro atoms. The zero-order chi connectivity index (χ0) is 18.8. The Labute approximate surface area is 157 Å². The summed E-state index contributed by atoms with van der Waals surface area (Å²) in [5.74, 6) is 0.249. The number of hydrogen-bond donors (Lipinski definition) is 1. The summed E-state index contributed by atoms with van der Waals surface area (Å²) in [6, 6.07) is 7.66. The van der Waals surface area contributed by atoms with Crippen LogP contribution in [0.3, 0.4) is 0 Å². The van der Waals surface area contributed by atoms with Crippen LogP contribution in [0.15, 0.2) is 59.2 Å². The highest BCUT2D eigenvalue weighted by atomic mass is 32.1. The summed E-state index contributed by atoms with van der Waals surface area (Å²) < 4.78 is 8.26. The quantitative estimate of drug-likeness (QED) is 0.573. The second-order valence-corrected chi connectivity index (χ2v) is 6.64. The lowest BCUT2D eigenvalue weighted by atomic mass is 10.2. The van der Waals surface area contributed by atoms with E-state index in [0.717, 1.165) is 11.3 Å². The molecule has 0 aliphatic rings. The van der Waals surface area contributed by atoms with Gasteiger partial charge in [0.1, 0.15) is 11.3 Å². The predicted octanol–water partition coefficient (Wildman–Crippen LogP) is 2.26. The normalized spacial score (nSPS) is 10.9. The molecule has 4 rings (SSSR count). The van der Waals surface area contributed by atoms with E-state index in [-0.39, 0.29) is 5.56 Å². The van der Waals surface area contributed by atoms with Crippen molar-refractivity contribution in [2.75, 3.05) is 12.4 Å². The van der Waals surface area contributed by atoms with Gasteiger partial charge in [0, 0.05) is 24.0 Å². The van der Waals surface area contributed by atoms with Crippen LogP contribution in [0.1, 0.15) is 15.9 Å². The van der Waals surface area contributed by atoms with E-state index in [1.54, 1.807) is 29.6 Å². The van der Waals surface area contributed by atoms with Crippen molar-refractivity contribution in [3.05, 3.63) is 75.9 Å². The predicted molar refractivity (Wildman–Crippen MR) is 102 cm³/mol. The van der Waals surface area contributed by atoms with Gasteiger partial charge >= 0.3 is 0 Å². The number of nitrogens with zero attached hydrogens (tertiary/aromatic N) is 4. The highest BCUT2D eigenvalue weighted by Crippen LogP contribution is 2.15. The van der Waals surface area contributed by atoms with Gasteiger partial charge in [-0.1, -0.05) is 12.1 Å². The molecule has 136 valence electrons. The van der Waals surface area contributed by atoms with E-state index in [9.17, 15) is 9.59 Å². The number of anilines is 1. The number of fused-ring (bicyclic) bond motifs is 1. The Morgan fingerprint density at radius 3 is 3.07 bits per heavy atom. The van der Waals surface area contributed by atoms with Crippen molar-refractivity contribution in [1.29, 1.82) is 0 Å². The molecule has 0 saturated heterocycles. The zero-order valence-corrected chi connectivity index (χ0v) is 15.1. The summed E-state index contributed by atoms with van der Waals surface area (Å²) in [5, 5.41) is 8.67. The van der Waals surface area contributed by atoms with Gasteiger partial charge in [-0.3, -0.25) is 18.7 Å². The van der Waals surface area contributed by atoms with Crippen LogP contribution in [0, 0.1) is 0 Å². The Bertz CT molecular complexity index is 1180. The van der Waals surface area contributed by atoms with E-state index in [1.807, 2.05) is 24.3 Å². The van der Waals surface area contributed by atoms with E-state index in [2.05, 4.69) is 15.4 Å². The first kappa shape index (κ1) is 17.0. The van der Waals surface area contributed by atoms with Gasteiger partial charge in [0.15, 0.2) is 4.96 Å². The maximum atomic E-state index is 12.4. The molecule has 0 radical (unpaired) electrons. The number of hydrogen-bond acceptors (Lipinski definition) is 6. The number of amides is 1. The summed E-state index contributed by atoms with van der Waals surface area (Å²) >= 11 is 1.33. The molecule has 0 aliphatic heterocycles. The van der Waals surface area contributed by atoms with Gasteiger partial charge < -0.3 is 10.1 Å². The molecule has 1 aromatic carbocycles. The molecule has 3 aromatic heterocycles. The molecule has 0 bridgehead atoms. The van der Waals surface area contributed by atoms with Gasteiger partial charge in [-0.25, -0.2) is 4.98 Å². The average Bonchev–Trinajstić information content (AvgIpc) is 3.32. The van der Waals surface area contributed by atoms with Crippen molar-refractivity contribution in [2.45, 2.75) is 6.54 Å². The highest BCUT2D eigenvalue weighted by Gasteiger charge is 2.14. The van der Waals surface area contributed by atoms with Crippen LogP contribution in [0.2, 0.25) is 0 Å². The molecule has 4 aromatic rings. The molecule has 8 nitrogen and oxygen atoms in total. The van der Waals surface area contributed by atoms with Gasteiger partial charge in [-0.15, -0.1) is 11.3 Å². The first-order chi connectivity index (χ1) is 13.1. The fourth-order valence-electron chi connectivity index (χ4n) is 2.65. The van der Waals surface area contributed by atoms with Crippen LogP contribution in [0.25, 0.3) is 4.96 Å². The van der Waals surface area contributed by atoms with Crippen molar-refractivity contribution in [3.63, 3.8) is 0 Å². The number of benzene rings is 1. The number of thiazole rings is 1. The lowest BCUT2D eigenvalue weighted by Gasteiger charge is -2.05. The Morgan fingerprint density at radius 2 is 2.22 bits per heavy atom. The second-order valence-electron chi connectivity index (χ2n) is 5.76. The summed E-state index contributed by atoms with van der Waals surface area (Å²) in [7, 11) is 1.62. The van der Waals surface area contributed by atoms with Gasteiger partial charge in [0.05, 0.1) is 25.5 Å². The molecule has 9 heteroatoms. The molecule has 3 heterocycles. The Hall–Kier alpha value is -3.46. The number of carbonyl (C=O) groups excluding carboxylic acids is 1. The molecular weight excluding hydrogens is 366 g/mol. The SMILES string of the molecule is COc1cccc(Cn2cc(NC(=O)c3cnc4sccn4c3=O)cn2)c1. The van der Waals surface area contributed by atoms with Gasteiger partial charge in [0.25, 0.3) is 11.5 Å². The minimum Gasteiger partial charge on any atom is -0.497 e. The number of ether oxygens (including phenoxy) is 1. The molecule has 27 heavy (non-hydrogen) atoms. The third-order valence-electron chi connectivity index (χ3n) is 3.96. The Morgan fingerprint density at radius 1 is 1.33 bits per heavy atom. The van der Waals surface area contributed by atoms with Crippen LogP contribution in [0.5, 0.6) is 5.75 Å². The lowest BCUT2D eigenvalue weighted by Crippen LogP contribution is -2.25. The van der Waals surface area contributed by atoms with E-state index in [4.69, 9.17) is 4.74 Å². The number of methoxy groups -OCH3 is 1. The Kier molecular flexibility index (Phi) is 4.43. The maximum absolute atomic E-state index is 12.4. The molecule has 0 saturated carbocycles. The molecule has 0 fully saturated rings. The minimum absolute atomic E-state index is 0.0218. The largest absolute Gasteiger partial charge is 0.497 e. The number of rotatable bonds is 5. The van der Waals surface area contributed by atoms with Crippen LogP contribution in [0.4, 0.5) is 5.69 Å². The first-order valence-corrected chi connectivity index (χ1v) is 8.93. The fourth-order valence-corrected chi connectivity index (χ4v) is 3.33. The van der Waals surface area contributed by atoms with E-state index in [1.165, 1.54) is 28.1 Å². The van der Waals surface area contributed by atoms with Crippen LogP contribution < -0.4 is 15.6 Å². The van der Waals surface area contributed by atoms with E-state index in [0.29, 0.717) is 17.2 Å². The van der Waals surface area contributed by atoms with Crippen LogP contribution in [-0.4, -0.2) is 32.2 Å². The van der Waals surface area contributed by atoms with Crippen LogP contribution >= 0.6 is 11.3 Å². The second kappa shape index (κ2) is 7.04. The fraction of sp³-hybridized carbons (Fsp3) is 0.111. The van der Waals surface area contributed by atoms with Gasteiger partial charge in [-0.2, -0.15) is 5.10 Å². The molecule has 0 aliphatic carbocycles. The smallest absolute Gasteiger partial charge is 0.271 e. The lowest BCUT2D eigenvalue weighted by molar-refractivity contribution is 0.102. The highest BCUT2D eigenvalue weighted by molar-refractivity contribution is 7.15. The van der Waals surface area contributed by atoms with Gasteiger partial charge in [0.2, 0.25) is 0 Å². The van der Waals surface area contributed by atoms with Crippen molar-refractivity contribution in [3.8, 4) is 5.75 Å². The summed E-state index contributed by atoms with van der Waals surface area (Å²) in [5.41, 5.74) is 1.09. The van der Waals surface area contributed by atoms with Crippen molar-refractivity contribution < 1.29 is 9.53 Å². The number of aromatic nitrogens is 4. The minimum atomic E-state index is -0.519. The standard InChI is InChI=1S/C18H15N5O3S/c1-26-14-4-2-3-12(7-14)10-22-11-13(8-20-22)21-16(24)15-9-19-18-23(17(15)25)5-6-27-18/h2-9,11H,10H2,1H3,(H,21,24). The van der Waals surface area contributed by atoms with Gasteiger partial charge in [-0.05, 0) is 17.7 Å². The summed E-state index contributed by atoms with van der Waals surface area (Å²) in [4.78, 5) is 29.5. The molecule has 0 unspecified atom stereocenters. The molecule has 0 atom stereocenters. The average molecular weight is 381 g/mol. The van der Waals surface area contributed by atoms with Crippen molar-refractivity contribution >= 4 is 27.9 Å². The molecule has 1 N–H and O–H groups in total. The first-order valence-electron chi connectivity index (χ1n) is 8.05. The maximum Gasteiger partial charge on any atom is 0.271 e. The molecular formula is C18H15N5O3S. The van der Waals surface area contributed by atoms with Crippen LogP contribution in [-0.2, 0) is 6.54 Å². The van der Waals surface area contributed by atoms with E-state index >= 15 is 0 Å². The number of nitrogens with one attached hydrogen (secondary N) is 1. The summed E-state index contributed by atoms with van der Waals surface area (Å²) in [6.07, 6.45) is 6.13. The van der Waals surface area contributed by atoms with E-state index < -0.39 is 11.5 Å². The number of carbonyl (C=O) groups is 1. The monoisotopic (exact) mass is 381 g/mol. The zero-order valence-electron chi connectivity index (χ0n) is 14.3. The van der Waals surface area contributed by atoms with Crippen molar-refractivity contribution in [2.24, 2.45) is 0 Å². The molecule has 1 amide bonds. The Balaban J connectivity index is 1.50. The summed E-state index contributed by atoms with van der Waals surface area (Å²) in [6.45, 7) is 0.526. The third kappa shape index (κ3) is 3.44. The van der Waals surface area contributed by atoms with Crippen molar-refractivity contribution in [1.82, 2.24) is 19.2 Å². The topological polar surface area (TPSA) is 90.5 Å².